The number of allylic oxidation sites excluding steroid dienone is 1. The predicted octanol–water partition coefficient (Wildman–Crippen LogP) is 6.09. The third-order valence-electron chi connectivity index (χ3n) is 3.22. The van der Waals surface area contributed by atoms with Crippen LogP contribution >= 0.6 is 34.5 Å². The van der Waals surface area contributed by atoms with Gasteiger partial charge in [0.25, 0.3) is 0 Å². The molecule has 0 aliphatic carbocycles. The van der Waals surface area contributed by atoms with E-state index in [0.29, 0.717) is 20.6 Å². The van der Waals surface area contributed by atoms with Crippen LogP contribution in [0.1, 0.15) is 5.01 Å². The number of rotatable bonds is 4. The van der Waals surface area contributed by atoms with Crippen LogP contribution in [0.25, 0.3) is 16.8 Å². The second-order valence-electron chi connectivity index (χ2n) is 4.87. The van der Waals surface area contributed by atoms with Gasteiger partial charge in [0.15, 0.2) is 0 Å². The van der Waals surface area contributed by atoms with Crippen molar-refractivity contribution in [3.63, 3.8) is 0 Å². The number of aromatic nitrogens is 1. The van der Waals surface area contributed by atoms with Gasteiger partial charge in [-0.1, -0.05) is 35.3 Å². The molecule has 6 heteroatoms. The largest absolute Gasteiger partial charge is 0.360 e. The number of thiazole rings is 1. The fourth-order valence-corrected chi connectivity index (χ4v) is 3.04. The van der Waals surface area contributed by atoms with Gasteiger partial charge in [-0.25, -0.2) is 4.98 Å². The molecule has 0 spiro atoms. The molecule has 0 bridgehead atoms. The summed E-state index contributed by atoms with van der Waals surface area (Å²) in [6.07, 6.45) is 1.65. The molecule has 0 unspecified atom stereocenters. The van der Waals surface area contributed by atoms with Crippen LogP contribution in [0.2, 0.25) is 10.0 Å². The van der Waals surface area contributed by atoms with Gasteiger partial charge in [0.1, 0.15) is 16.6 Å². The molecular weight excluding hydrogens is 361 g/mol. The summed E-state index contributed by atoms with van der Waals surface area (Å²) in [5.41, 5.74) is 3.10. The van der Waals surface area contributed by atoms with Gasteiger partial charge in [0.05, 0.1) is 5.69 Å². The topological polar surface area (TPSA) is 48.7 Å². The monoisotopic (exact) mass is 371 g/mol. The number of anilines is 1. The Bertz CT molecular complexity index is 907. The van der Waals surface area contributed by atoms with Crippen LogP contribution in [0.5, 0.6) is 0 Å². The molecule has 0 aliphatic heterocycles. The van der Waals surface area contributed by atoms with Crippen LogP contribution in [-0.4, -0.2) is 4.98 Å². The van der Waals surface area contributed by atoms with E-state index in [1.807, 2.05) is 41.8 Å². The minimum atomic E-state index is 0.468. The summed E-state index contributed by atoms with van der Waals surface area (Å²) < 4.78 is 0. The summed E-state index contributed by atoms with van der Waals surface area (Å²) >= 11 is 13.2. The lowest BCUT2D eigenvalue weighted by Gasteiger charge is -2.01. The van der Waals surface area contributed by atoms with E-state index in [0.717, 1.165) is 16.9 Å². The van der Waals surface area contributed by atoms with E-state index in [9.17, 15) is 5.26 Å². The molecule has 1 aromatic heterocycles. The van der Waals surface area contributed by atoms with Crippen molar-refractivity contribution in [3.05, 3.63) is 75.2 Å². The summed E-state index contributed by atoms with van der Waals surface area (Å²) in [6.45, 7) is 0. The zero-order valence-electron chi connectivity index (χ0n) is 12.3. The first-order valence-electron chi connectivity index (χ1n) is 7.00. The van der Waals surface area contributed by atoms with Crippen molar-refractivity contribution in [1.29, 1.82) is 5.26 Å². The van der Waals surface area contributed by atoms with E-state index in [-0.39, 0.29) is 0 Å². The number of nitrogens with one attached hydrogen (secondary N) is 1. The Morgan fingerprint density at radius 3 is 2.29 bits per heavy atom. The molecule has 24 heavy (non-hydrogen) atoms. The molecule has 2 aromatic carbocycles. The van der Waals surface area contributed by atoms with Crippen molar-refractivity contribution >= 4 is 45.8 Å². The Morgan fingerprint density at radius 1 is 1.04 bits per heavy atom. The molecule has 1 N–H and O–H groups in total. The molecule has 0 fully saturated rings. The maximum Gasteiger partial charge on any atom is 0.136 e. The molecular formula is C18H11Cl2N3S. The SMILES string of the molecule is N#C/C(=C\Nc1ccc(Cl)cc1)c1nc(-c2ccc(Cl)cc2)cs1. The van der Waals surface area contributed by atoms with E-state index in [2.05, 4.69) is 16.4 Å². The van der Waals surface area contributed by atoms with Crippen LogP contribution in [0, 0.1) is 11.3 Å². The number of halogens is 2. The fraction of sp³-hybridized carbons (Fsp3) is 0. The van der Waals surface area contributed by atoms with Gasteiger partial charge in [-0.15, -0.1) is 11.3 Å². The van der Waals surface area contributed by atoms with Crippen LogP contribution in [0.15, 0.2) is 60.1 Å². The van der Waals surface area contributed by atoms with E-state index < -0.39 is 0 Å². The molecule has 3 nitrogen and oxygen atoms in total. The van der Waals surface area contributed by atoms with E-state index in [1.54, 1.807) is 18.3 Å². The second-order valence-corrected chi connectivity index (χ2v) is 6.60. The summed E-state index contributed by atoms with van der Waals surface area (Å²) in [5.74, 6) is 0. The summed E-state index contributed by atoms with van der Waals surface area (Å²) in [7, 11) is 0. The molecule has 0 saturated carbocycles. The van der Waals surface area contributed by atoms with Crippen molar-refractivity contribution in [1.82, 2.24) is 4.98 Å². The molecule has 0 saturated heterocycles. The minimum absolute atomic E-state index is 0.468. The zero-order chi connectivity index (χ0) is 16.9. The smallest absolute Gasteiger partial charge is 0.136 e. The Balaban J connectivity index is 1.81. The Kier molecular flexibility index (Phi) is 5.17. The first-order valence-corrected chi connectivity index (χ1v) is 8.63. The maximum absolute atomic E-state index is 9.39. The molecule has 0 aliphatic rings. The van der Waals surface area contributed by atoms with Crippen LogP contribution < -0.4 is 5.32 Å². The molecule has 0 radical (unpaired) electrons. The third-order valence-corrected chi connectivity index (χ3v) is 4.60. The Labute approximate surface area is 153 Å². The van der Waals surface area contributed by atoms with E-state index >= 15 is 0 Å². The first kappa shape index (κ1) is 16.5. The van der Waals surface area contributed by atoms with Gasteiger partial charge < -0.3 is 5.32 Å². The lowest BCUT2D eigenvalue weighted by atomic mass is 10.2. The van der Waals surface area contributed by atoms with Gasteiger partial charge in [0, 0.05) is 32.9 Å². The van der Waals surface area contributed by atoms with E-state index in [1.165, 1.54) is 11.3 Å². The number of hydrogen-bond acceptors (Lipinski definition) is 4. The predicted molar refractivity (Wildman–Crippen MR) is 101 cm³/mol. The average Bonchev–Trinajstić information content (AvgIpc) is 3.08. The highest BCUT2D eigenvalue weighted by Crippen LogP contribution is 2.27. The van der Waals surface area contributed by atoms with Crippen molar-refractivity contribution < 1.29 is 0 Å². The quantitative estimate of drug-likeness (QED) is 0.564. The van der Waals surface area contributed by atoms with Crippen LogP contribution in [0.3, 0.4) is 0 Å². The minimum Gasteiger partial charge on any atom is -0.360 e. The summed E-state index contributed by atoms with van der Waals surface area (Å²) in [6, 6.07) is 16.9. The van der Waals surface area contributed by atoms with Crippen LogP contribution in [-0.2, 0) is 0 Å². The van der Waals surface area contributed by atoms with Gasteiger partial charge in [0.2, 0.25) is 0 Å². The van der Waals surface area contributed by atoms with Gasteiger partial charge in [-0.3, -0.25) is 0 Å². The molecule has 3 aromatic rings. The lowest BCUT2D eigenvalue weighted by molar-refractivity contribution is 1.36. The van der Waals surface area contributed by atoms with Crippen molar-refractivity contribution in [3.8, 4) is 17.3 Å². The highest BCUT2D eigenvalue weighted by Gasteiger charge is 2.09. The molecule has 1 heterocycles. The number of nitriles is 1. The first-order chi connectivity index (χ1) is 11.7. The van der Waals surface area contributed by atoms with Crippen molar-refractivity contribution in [2.45, 2.75) is 0 Å². The zero-order valence-corrected chi connectivity index (χ0v) is 14.7. The highest BCUT2D eigenvalue weighted by atomic mass is 35.5. The fourth-order valence-electron chi connectivity index (χ4n) is 1.99. The summed E-state index contributed by atoms with van der Waals surface area (Å²) in [4.78, 5) is 4.53. The third kappa shape index (κ3) is 3.95. The Hall–Kier alpha value is -2.32. The van der Waals surface area contributed by atoms with Crippen molar-refractivity contribution in [2.75, 3.05) is 5.32 Å². The van der Waals surface area contributed by atoms with Gasteiger partial charge in [-0.05, 0) is 36.4 Å². The van der Waals surface area contributed by atoms with Crippen molar-refractivity contribution in [2.24, 2.45) is 0 Å². The lowest BCUT2D eigenvalue weighted by Crippen LogP contribution is -1.90. The summed E-state index contributed by atoms with van der Waals surface area (Å²) in [5, 5.41) is 16.4. The average molecular weight is 372 g/mol. The highest BCUT2D eigenvalue weighted by molar-refractivity contribution is 7.11. The normalized spacial score (nSPS) is 11.1. The van der Waals surface area contributed by atoms with Gasteiger partial charge >= 0.3 is 0 Å². The molecule has 3 rings (SSSR count). The number of hydrogen-bond donors (Lipinski definition) is 1. The van der Waals surface area contributed by atoms with E-state index in [4.69, 9.17) is 23.2 Å². The molecule has 118 valence electrons. The molecule has 0 atom stereocenters. The number of nitrogens with zero attached hydrogens (tertiary/aromatic N) is 2. The number of benzene rings is 2. The molecule has 0 amide bonds. The van der Waals surface area contributed by atoms with Gasteiger partial charge in [-0.2, -0.15) is 5.26 Å². The standard InChI is InChI=1S/C18H11Cl2N3S/c19-14-3-1-12(2-4-14)17-11-24-18(23-17)13(9-21)10-22-16-7-5-15(20)6-8-16/h1-8,10-11,22H/b13-10+. The maximum atomic E-state index is 9.39. The Morgan fingerprint density at radius 2 is 1.67 bits per heavy atom. The van der Waals surface area contributed by atoms with Crippen LogP contribution in [0.4, 0.5) is 5.69 Å². The second kappa shape index (κ2) is 7.50.